The van der Waals surface area contributed by atoms with Gasteiger partial charge < -0.3 is 24.8 Å². The van der Waals surface area contributed by atoms with Crippen LogP contribution in [-0.4, -0.2) is 103 Å². The summed E-state index contributed by atoms with van der Waals surface area (Å²) >= 11 is 0. The Hall–Kier alpha value is -6.00. The molecule has 13 heteroatoms. The number of fused-ring (bicyclic) bond motifs is 2. The molecule has 328 valence electrons. The minimum absolute atomic E-state index is 0.0753. The lowest BCUT2D eigenvalue weighted by molar-refractivity contribution is -0.164. The Kier molecular flexibility index (Phi) is 10.9. The molecule has 3 saturated heterocycles. The van der Waals surface area contributed by atoms with Gasteiger partial charge in [0.2, 0.25) is 11.8 Å². The molecule has 3 aromatic rings. The summed E-state index contributed by atoms with van der Waals surface area (Å²) < 4.78 is 6.66. The first-order chi connectivity index (χ1) is 30.1. The Labute approximate surface area is 369 Å². The third kappa shape index (κ3) is 7.66. The first-order valence-electron chi connectivity index (χ1n) is 22.5. The standard InChI is InChI=1S/C50H57N7O6/c1-30-6-15-39(58)43-40(16-9-33(27-51)42(30)43)63-48-49(2,3)47(50(48,4)5)53-44(60)32-7-10-35(11-8-32)55-20-18-31(19-21-55)28-54-22-24-56(25-23-54)36-12-13-37-34(26-36)29-57(46(37)62)38-14-17-41(59)52-45(38)61/h6-13,15-16,26,30-31,38,47-48H,14,17-25,28-29H2,1-5H3,(H,53,60)(H,52,59,61)/t30?,38-,47?,48?/m0/s1. The molecular weight excluding hydrogens is 795 g/mol. The zero-order chi connectivity index (χ0) is 44.4. The molecule has 2 atom stereocenters. The molecule has 1 saturated carbocycles. The van der Waals surface area contributed by atoms with E-state index < -0.39 is 16.9 Å². The first kappa shape index (κ1) is 42.3. The van der Waals surface area contributed by atoms with Crippen molar-refractivity contribution in [2.45, 2.75) is 91.0 Å². The second-order valence-electron chi connectivity index (χ2n) is 19.6. The Morgan fingerprint density at radius 3 is 2.24 bits per heavy atom. The highest BCUT2D eigenvalue weighted by molar-refractivity contribution is 6.09. The molecule has 1 unspecified atom stereocenters. The van der Waals surface area contributed by atoms with Crippen LogP contribution >= 0.6 is 0 Å². The number of ketones is 1. The number of hydrogen-bond donors (Lipinski definition) is 2. The number of carbonyl (C=O) groups excluding carboxylic acids is 5. The van der Waals surface area contributed by atoms with Crippen molar-refractivity contribution in [3.05, 3.63) is 100 Å². The van der Waals surface area contributed by atoms with E-state index >= 15 is 0 Å². The lowest BCUT2D eigenvalue weighted by Gasteiger charge is -2.63. The van der Waals surface area contributed by atoms with E-state index in [1.54, 1.807) is 23.1 Å². The molecule has 6 aliphatic rings. The van der Waals surface area contributed by atoms with E-state index in [4.69, 9.17) is 4.74 Å². The quantitative estimate of drug-likeness (QED) is 0.252. The van der Waals surface area contributed by atoms with Crippen molar-refractivity contribution >= 4 is 40.8 Å². The molecule has 4 fully saturated rings. The highest BCUT2D eigenvalue weighted by atomic mass is 16.5. The summed E-state index contributed by atoms with van der Waals surface area (Å²) in [6.45, 7) is 17.5. The van der Waals surface area contributed by atoms with Crippen molar-refractivity contribution in [3.63, 3.8) is 0 Å². The molecule has 9 rings (SSSR count). The summed E-state index contributed by atoms with van der Waals surface area (Å²) in [5.41, 5.74) is 5.18. The van der Waals surface area contributed by atoms with E-state index in [2.05, 4.69) is 77.3 Å². The third-order valence-electron chi connectivity index (χ3n) is 14.8. The zero-order valence-electron chi connectivity index (χ0n) is 36.9. The van der Waals surface area contributed by atoms with Gasteiger partial charge in [-0.2, -0.15) is 5.26 Å². The maximum atomic E-state index is 13.7. The number of benzene rings is 3. The van der Waals surface area contributed by atoms with E-state index in [9.17, 15) is 29.2 Å². The highest BCUT2D eigenvalue weighted by Gasteiger charge is 2.64. The number of rotatable bonds is 9. The van der Waals surface area contributed by atoms with Gasteiger partial charge in [0.25, 0.3) is 11.8 Å². The van der Waals surface area contributed by atoms with Crippen molar-refractivity contribution in [2.24, 2.45) is 16.7 Å². The molecule has 0 spiro atoms. The monoisotopic (exact) mass is 851 g/mol. The van der Waals surface area contributed by atoms with E-state index in [1.807, 2.05) is 37.3 Å². The Morgan fingerprint density at radius 2 is 1.56 bits per heavy atom. The molecule has 2 aliphatic carbocycles. The van der Waals surface area contributed by atoms with Crippen molar-refractivity contribution in [1.29, 1.82) is 5.26 Å². The van der Waals surface area contributed by atoms with Gasteiger partial charge in [0, 0.05) is 104 Å². The van der Waals surface area contributed by atoms with Crippen LogP contribution in [0.3, 0.4) is 0 Å². The number of amides is 4. The summed E-state index contributed by atoms with van der Waals surface area (Å²) in [5, 5.41) is 15.4. The molecule has 0 bridgehead atoms. The number of nitriles is 1. The number of hydrogen-bond acceptors (Lipinski definition) is 10. The molecular formula is C50H57N7O6. The van der Waals surface area contributed by atoms with Crippen LogP contribution in [0.15, 0.2) is 66.7 Å². The molecule has 63 heavy (non-hydrogen) atoms. The first-order valence-corrected chi connectivity index (χ1v) is 22.5. The van der Waals surface area contributed by atoms with Gasteiger partial charge in [-0.3, -0.25) is 34.2 Å². The van der Waals surface area contributed by atoms with Crippen LogP contribution in [0.1, 0.15) is 114 Å². The third-order valence-corrected chi connectivity index (χ3v) is 14.8. The Balaban J connectivity index is 0.738. The van der Waals surface area contributed by atoms with Gasteiger partial charge in [-0.15, -0.1) is 0 Å². The number of nitrogens with zero attached hydrogens (tertiary/aromatic N) is 5. The summed E-state index contributed by atoms with van der Waals surface area (Å²) in [6.07, 6.45) is 5.92. The van der Waals surface area contributed by atoms with Gasteiger partial charge in [0.15, 0.2) is 5.78 Å². The molecule has 2 N–H and O–H groups in total. The lowest BCUT2D eigenvalue weighted by atomic mass is 9.49. The fourth-order valence-corrected chi connectivity index (χ4v) is 11.6. The fourth-order valence-electron chi connectivity index (χ4n) is 11.6. The Bertz CT molecular complexity index is 2420. The summed E-state index contributed by atoms with van der Waals surface area (Å²) in [5.74, 6) is -0.0761. The lowest BCUT2D eigenvalue weighted by Crippen LogP contribution is -2.74. The van der Waals surface area contributed by atoms with Crippen LogP contribution in [0.2, 0.25) is 0 Å². The average Bonchev–Trinajstić information content (AvgIpc) is 3.60. The maximum Gasteiger partial charge on any atom is 0.255 e. The van der Waals surface area contributed by atoms with Crippen LogP contribution in [-0.2, 0) is 16.1 Å². The number of nitrogens with one attached hydrogen (secondary N) is 2. The van der Waals surface area contributed by atoms with Crippen molar-refractivity contribution in [3.8, 4) is 11.8 Å². The number of allylic oxidation sites excluding steroid dienone is 2. The van der Waals surface area contributed by atoms with E-state index in [1.165, 1.54) is 0 Å². The number of imide groups is 1. The SMILES string of the molecule is CC1C=CC(=O)c2c(OC3C(C)(C)C(NC(=O)c4ccc(N5CCC(CN6CCN(c7ccc8c(c7)CN([C@H]7CCC(=O)NC7=O)C8=O)CC6)CC5)cc4)C3(C)C)ccc(C#N)c21. The van der Waals surface area contributed by atoms with Gasteiger partial charge in [-0.1, -0.05) is 40.7 Å². The second-order valence-corrected chi connectivity index (χ2v) is 19.6. The average molecular weight is 852 g/mol. The molecule has 0 aromatic heterocycles. The second kappa shape index (κ2) is 16.3. The molecule has 0 radical (unpaired) electrons. The van der Waals surface area contributed by atoms with Gasteiger partial charge in [-0.05, 0) is 97.0 Å². The topological polar surface area (TPSA) is 155 Å². The van der Waals surface area contributed by atoms with Crippen molar-refractivity contribution in [2.75, 3.05) is 55.6 Å². The van der Waals surface area contributed by atoms with E-state index in [-0.39, 0.29) is 53.9 Å². The van der Waals surface area contributed by atoms with Gasteiger partial charge >= 0.3 is 0 Å². The number of ether oxygens (including phenoxy) is 1. The minimum Gasteiger partial charge on any atom is -0.488 e. The number of anilines is 2. The largest absolute Gasteiger partial charge is 0.488 e. The fraction of sp³-hybridized carbons (Fsp3) is 0.480. The summed E-state index contributed by atoms with van der Waals surface area (Å²) in [7, 11) is 0. The number of carbonyl (C=O) groups is 5. The van der Waals surface area contributed by atoms with E-state index in [0.717, 1.165) is 75.6 Å². The molecule has 4 heterocycles. The van der Waals surface area contributed by atoms with Gasteiger partial charge in [0.1, 0.15) is 17.9 Å². The van der Waals surface area contributed by atoms with Gasteiger partial charge in [-0.25, -0.2) is 0 Å². The van der Waals surface area contributed by atoms with Gasteiger partial charge in [0.05, 0.1) is 17.2 Å². The van der Waals surface area contributed by atoms with Crippen molar-refractivity contribution < 1.29 is 28.7 Å². The normalized spacial score (nSPS) is 25.5. The van der Waals surface area contributed by atoms with E-state index in [0.29, 0.717) is 52.5 Å². The minimum atomic E-state index is -0.608. The predicted octanol–water partition coefficient (Wildman–Crippen LogP) is 5.83. The highest BCUT2D eigenvalue weighted by Crippen LogP contribution is 2.56. The van der Waals surface area contributed by atoms with Crippen LogP contribution < -0.4 is 25.2 Å². The van der Waals surface area contributed by atoms with Crippen LogP contribution in [0.25, 0.3) is 0 Å². The van der Waals surface area contributed by atoms with Crippen LogP contribution in [0.5, 0.6) is 5.75 Å². The molecule has 13 nitrogen and oxygen atoms in total. The predicted molar refractivity (Wildman–Crippen MR) is 239 cm³/mol. The summed E-state index contributed by atoms with van der Waals surface area (Å²) in [4.78, 5) is 73.0. The zero-order valence-corrected chi connectivity index (χ0v) is 36.9. The molecule has 4 aliphatic heterocycles. The maximum absolute atomic E-state index is 13.7. The number of piperazine rings is 1. The van der Waals surface area contributed by atoms with Crippen LogP contribution in [0.4, 0.5) is 11.4 Å². The smallest absolute Gasteiger partial charge is 0.255 e. The number of piperidine rings is 2. The summed E-state index contributed by atoms with van der Waals surface area (Å²) in [6, 6.07) is 18.9. The Morgan fingerprint density at radius 1 is 0.873 bits per heavy atom. The molecule has 4 amide bonds. The molecule has 3 aromatic carbocycles. The van der Waals surface area contributed by atoms with Crippen LogP contribution in [0, 0.1) is 28.1 Å². The van der Waals surface area contributed by atoms with Crippen molar-refractivity contribution in [1.82, 2.24) is 20.4 Å².